The summed E-state index contributed by atoms with van der Waals surface area (Å²) in [5.41, 5.74) is 0. The second-order valence-electron chi connectivity index (χ2n) is 2.65. The van der Waals surface area contributed by atoms with Gasteiger partial charge in [0.15, 0.2) is 0 Å². The predicted molar refractivity (Wildman–Crippen MR) is 33.0 cm³/mol. The van der Waals surface area contributed by atoms with Crippen LogP contribution in [0, 0.1) is 5.92 Å². The van der Waals surface area contributed by atoms with Crippen molar-refractivity contribution in [3.63, 3.8) is 0 Å². The molecule has 1 fully saturated rings. The van der Waals surface area contributed by atoms with Crippen molar-refractivity contribution in [2.45, 2.75) is 30.8 Å². The quantitative estimate of drug-likeness (QED) is 0.493. The average molecular weight is 173 g/mol. The minimum absolute atomic E-state index is 0.102. The molecule has 1 rings (SSSR count). The summed E-state index contributed by atoms with van der Waals surface area (Å²) >= 11 is 5.51. The summed E-state index contributed by atoms with van der Waals surface area (Å²) in [6.45, 7) is 0. The number of alkyl halides is 4. The summed E-state index contributed by atoms with van der Waals surface area (Å²) in [7, 11) is 0. The van der Waals surface area contributed by atoms with E-state index in [1.165, 1.54) is 0 Å². The van der Waals surface area contributed by atoms with Crippen molar-refractivity contribution >= 4 is 11.6 Å². The van der Waals surface area contributed by atoms with Crippen molar-refractivity contribution in [1.29, 1.82) is 0 Å². The van der Waals surface area contributed by atoms with E-state index in [2.05, 4.69) is 0 Å². The Labute approximate surface area is 62.4 Å². The fraction of sp³-hybridized carbons (Fsp3) is 1.00. The summed E-state index contributed by atoms with van der Waals surface area (Å²) in [4.78, 5) is 0. The topological polar surface area (TPSA) is 0 Å². The molecule has 10 heavy (non-hydrogen) atoms. The highest BCUT2D eigenvalue weighted by Crippen LogP contribution is 2.40. The smallest absolute Gasteiger partial charge is 0.171 e. The maximum absolute atomic E-state index is 11.9. The number of hydrogen-bond donors (Lipinski definition) is 0. The van der Waals surface area contributed by atoms with Crippen LogP contribution in [-0.4, -0.2) is 11.6 Å². The molecule has 0 aliphatic heterocycles. The Hall–Kier alpha value is 0.0800. The number of rotatable bonds is 0. The zero-order valence-corrected chi connectivity index (χ0v) is 6.04. The van der Waals surface area contributed by atoms with Crippen LogP contribution in [0.25, 0.3) is 0 Å². The second-order valence-corrected chi connectivity index (χ2v) is 3.27. The van der Waals surface area contributed by atoms with E-state index >= 15 is 0 Å². The normalized spacial score (nSPS) is 34.8. The second kappa shape index (κ2) is 2.61. The minimum Gasteiger partial charge on any atom is -0.171 e. The lowest BCUT2D eigenvalue weighted by atomic mass is 10.1. The number of hydrogen-bond acceptors (Lipinski definition) is 0. The number of halogens is 4. The van der Waals surface area contributed by atoms with E-state index in [1.807, 2.05) is 0 Å². The Morgan fingerprint density at radius 2 is 1.80 bits per heavy atom. The summed E-state index contributed by atoms with van der Waals surface area (Å²) in [6.07, 6.45) is -3.21. The SMILES string of the molecule is FC(F)(F)[C@H]1CC[C@H](Cl)C1. The third-order valence-electron chi connectivity index (χ3n) is 1.83. The first-order chi connectivity index (χ1) is 4.50. The largest absolute Gasteiger partial charge is 0.391 e. The first kappa shape index (κ1) is 8.18. The van der Waals surface area contributed by atoms with Gasteiger partial charge in [-0.25, -0.2) is 0 Å². The highest BCUT2D eigenvalue weighted by Gasteiger charge is 2.43. The molecule has 0 heterocycles. The van der Waals surface area contributed by atoms with Crippen LogP contribution >= 0.6 is 11.6 Å². The third-order valence-corrected chi connectivity index (χ3v) is 2.23. The van der Waals surface area contributed by atoms with Crippen molar-refractivity contribution in [3.8, 4) is 0 Å². The molecule has 4 heteroatoms. The van der Waals surface area contributed by atoms with Gasteiger partial charge in [-0.1, -0.05) is 0 Å². The highest BCUT2D eigenvalue weighted by molar-refractivity contribution is 6.20. The average Bonchev–Trinajstić information content (AvgIpc) is 2.11. The van der Waals surface area contributed by atoms with Crippen LogP contribution < -0.4 is 0 Å². The van der Waals surface area contributed by atoms with Gasteiger partial charge in [0.25, 0.3) is 0 Å². The predicted octanol–water partition coefficient (Wildman–Crippen LogP) is 2.96. The van der Waals surface area contributed by atoms with Crippen LogP contribution in [-0.2, 0) is 0 Å². The van der Waals surface area contributed by atoms with E-state index in [0.29, 0.717) is 6.42 Å². The van der Waals surface area contributed by atoms with Crippen LogP contribution in [0.1, 0.15) is 19.3 Å². The molecule has 0 nitrogen and oxygen atoms in total. The molecule has 0 aromatic carbocycles. The van der Waals surface area contributed by atoms with Gasteiger partial charge in [-0.15, -0.1) is 11.6 Å². The molecule has 0 unspecified atom stereocenters. The molecule has 0 spiro atoms. The molecule has 1 saturated carbocycles. The molecule has 0 aromatic heterocycles. The Morgan fingerprint density at radius 3 is 2.00 bits per heavy atom. The lowest BCUT2D eigenvalue weighted by Gasteiger charge is -2.12. The van der Waals surface area contributed by atoms with E-state index < -0.39 is 12.1 Å². The fourth-order valence-electron chi connectivity index (χ4n) is 1.22. The van der Waals surface area contributed by atoms with Crippen molar-refractivity contribution in [2.75, 3.05) is 0 Å². The zero-order chi connectivity index (χ0) is 7.78. The van der Waals surface area contributed by atoms with Gasteiger partial charge in [0.1, 0.15) is 0 Å². The van der Waals surface area contributed by atoms with Gasteiger partial charge in [-0.05, 0) is 19.3 Å². The third kappa shape index (κ3) is 1.78. The Morgan fingerprint density at radius 1 is 1.20 bits per heavy atom. The van der Waals surface area contributed by atoms with Gasteiger partial charge in [-0.2, -0.15) is 13.2 Å². The summed E-state index contributed by atoms with van der Waals surface area (Å²) in [5, 5.41) is -0.258. The molecule has 1 aliphatic rings. The van der Waals surface area contributed by atoms with E-state index in [4.69, 9.17) is 11.6 Å². The lowest BCUT2D eigenvalue weighted by molar-refractivity contribution is -0.172. The molecule has 60 valence electrons. The molecular weight excluding hydrogens is 165 g/mol. The molecule has 1 aliphatic carbocycles. The van der Waals surface area contributed by atoms with Gasteiger partial charge in [0, 0.05) is 5.38 Å². The van der Waals surface area contributed by atoms with Crippen molar-refractivity contribution in [2.24, 2.45) is 5.92 Å². The Balaban J connectivity index is 2.45. The van der Waals surface area contributed by atoms with Crippen LogP contribution in [0.5, 0.6) is 0 Å². The molecular formula is C6H8ClF3. The van der Waals surface area contributed by atoms with Gasteiger partial charge >= 0.3 is 6.18 Å². The molecule has 0 saturated heterocycles. The van der Waals surface area contributed by atoms with Crippen LogP contribution in [0.4, 0.5) is 13.2 Å². The van der Waals surface area contributed by atoms with Gasteiger partial charge < -0.3 is 0 Å². The first-order valence-corrected chi connectivity index (χ1v) is 3.64. The van der Waals surface area contributed by atoms with Crippen LogP contribution in [0.15, 0.2) is 0 Å². The van der Waals surface area contributed by atoms with E-state index in [0.717, 1.165) is 0 Å². The molecule has 0 aromatic rings. The van der Waals surface area contributed by atoms with Gasteiger partial charge in [-0.3, -0.25) is 0 Å². The molecule has 0 bridgehead atoms. The van der Waals surface area contributed by atoms with Crippen molar-refractivity contribution < 1.29 is 13.2 Å². The standard InChI is InChI=1S/C6H8ClF3/c7-5-2-1-4(3-5)6(8,9)10/h4-5H,1-3H2/t4-,5-/m0/s1. The first-order valence-electron chi connectivity index (χ1n) is 3.21. The fourth-order valence-corrected chi connectivity index (χ4v) is 1.56. The Bertz CT molecular complexity index is 121. The maximum Gasteiger partial charge on any atom is 0.391 e. The van der Waals surface area contributed by atoms with Crippen LogP contribution in [0.3, 0.4) is 0 Å². The van der Waals surface area contributed by atoms with Crippen molar-refractivity contribution in [1.82, 2.24) is 0 Å². The zero-order valence-electron chi connectivity index (χ0n) is 5.29. The van der Waals surface area contributed by atoms with Gasteiger partial charge in [0.05, 0.1) is 5.92 Å². The Kier molecular flexibility index (Phi) is 2.13. The summed E-state index contributed by atoms with van der Waals surface area (Å²) in [5.74, 6) is -1.14. The highest BCUT2D eigenvalue weighted by atomic mass is 35.5. The molecule has 0 amide bonds. The molecule has 2 atom stereocenters. The summed E-state index contributed by atoms with van der Waals surface area (Å²) < 4.78 is 35.6. The van der Waals surface area contributed by atoms with E-state index in [-0.39, 0.29) is 18.2 Å². The minimum atomic E-state index is -4.02. The molecule has 0 N–H and O–H groups in total. The van der Waals surface area contributed by atoms with E-state index in [9.17, 15) is 13.2 Å². The summed E-state index contributed by atoms with van der Waals surface area (Å²) in [6, 6.07) is 0. The van der Waals surface area contributed by atoms with Crippen molar-refractivity contribution in [3.05, 3.63) is 0 Å². The lowest BCUT2D eigenvalue weighted by Crippen LogP contribution is -2.19. The van der Waals surface area contributed by atoms with Gasteiger partial charge in [0.2, 0.25) is 0 Å². The monoisotopic (exact) mass is 172 g/mol. The molecule has 0 radical (unpaired) electrons. The maximum atomic E-state index is 11.9. The van der Waals surface area contributed by atoms with E-state index in [1.54, 1.807) is 0 Å². The van der Waals surface area contributed by atoms with Crippen LogP contribution in [0.2, 0.25) is 0 Å².